The molecule has 3 rings (SSSR count). The molecule has 132 valence electrons. The number of carbonyl (C=O) groups excluding carboxylic acids is 2. The van der Waals surface area contributed by atoms with Crippen LogP contribution in [0.15, 0.2) is 41.1 Å². The first-order chi connectivity index (χ1) is 12.1. The molecule has 2 aromatic heterocycles. The van der Waals surface area contributed by atoms with Crippen LogP contribution in [0.4, 0.5) is 5.82 Å². The van der Waals surface area contributed by atoms with Crippen LogP contribution in [-0.2, 0) is 11.3 Å². The smallest absolute Gasteiger partial charge is 0.290 e. The van der Waals surface area contributed by atoms with E-state index in [0.717, 1.165) is 17.8 Å². The maximum atomic E-state index is 12.6. The van der Waals surface area contributed by atoms with Gasteiger partial charge in [-0.05, 0) is 31.0 Å². The van der Waals surface area contributed by atoms with Gasteiger partial charge in [-0.3, -0.25) is 9.59 Å². The average molecular weight is 342 g/mol. The Labute approximate surface area is 146 Å². The maximum Gasteiger partial charge on any atom is 0.290 e. The second-order valence-corrected chi connectivity index (χ2v) is 6.23. The van der Waals surface area contributed by atoms with Crippen molar-refractivity contribution in [3.05, 3.63) is 48.0 Å². The number of nitrogens with one attached hydrogen (secondary N) is 1. The minimum atomic E-state index is -0.461. The number of hydrogen-bond acceptors (Lipinski definition) is 5. The van der Waals surface area contributed by atoms with Crippen molar-refractivity contribution >= 4 is 17.6 Å². The lowest BCUT2D eigenvalue weighted by molar-refractivity contribution is -0.125. The number of anilines is 1. The first-order valence-corrected chi connectivity index (χ1v) is 8.31. The first kappa shape index (κ1) is 17.0. The van der Waals surface area contributed by atoms with Crippen molar-refractivity contribution in [3.8, 4) is 0 Å². The van der Waals surface area contributed by atoms with Gasteiger partial charge >= 0.3 is 0 Å². The molecule has 1 aliphatic rings. The minimum Gasteiger partial charge on any atom is -0.459 e. The van der Waals surface area contributed by atoms with Gasteiger partial charge in [0.15, 0.2) is 5.76 Å². The zero-order chi connectivity index (χ0) is 17.8. The second kappa shape index (κ2) is 7.38. The van der Waals surface area contributed by atoms with E-state index < -0.39 is 6.04 Å². The van der Waals surface area contributed by atoms with Crippen molar-refractivity contribution in [2.45, 2.75) is 25.4 Å². The fraction of sp³-hybridized carbons (Fsp3) is 0.389. The van der Waals surface area contributed by atoms with E-state index in [1.807, 2.05) is 31.1 Å². The van der Waals surface area contributed by atoms with Gasteiger partial charge in [0.05, 0.1) is 6.26 Å². The van der Waals surface area contributed by atoms with Crippen LogP contribution in [0.5, 0.6) is 0 Å². The van der Waals surface area contributed by atoms with Gasteiger partial charge in [-0.2, -0.15) is 0 Å². The number of rotatable bonds is 5. The van der Waals surface area contributed by atoms with Gasteiger partial charge < -0.3 is 19.5 Å². The molecule has 1 saturated heterocycles. The second-order valence-electron chi connectivity index (χ2n) is 6.23. The van der Waals surface area contributed by atoms with Gasteiger partial charge in [0, 0.05) is 38.9 Å². The molecule has 0 aliphatic carbocycles. The third kappa shape index (κ3) is 3.65. The van der Waals surface area contributed by atoms with E-state index in [0.29, 0.717) is 19.5 Å². The normalized spacial score (nSPS) is 16.7. The molecule has 2 aromatic rings. The summed E-state index contributed by atoms with van der Waals surface area (Å²) in [7, 11) is 3.82. The van der Waals surface area contributed by atoms with Gasteiger partial charge in [0.25, 0.3) is 5.91 Å². The SMILES string of the molecule is CN(C)c1ncccc1CNC(=O)C1CCCN1C(=O)c1ccco1. The Morgan fingerprint density at radius 3 is 2.92 bits per heavy atom. The minimum absolute atomic E-state index is 0.147. The van der Waals surface area contributed by atoms with Gasteiger partial charge in [0.2, 0.25) is 5.91 Å². The van der Waals surface area contributed by atoms with Gasteiger partial charge in [0.1, 0.15) is 11.9 Å². The molecular formula is C18H22N4O3. The van der Waals surface area contributed by atoms with E-state index in [1.54, 1.807) is 23.2 Å². The van der Waals surface area contributed by atoms with E-state index in [1.165, 1.54) is 6.26 Å². The fourth-order valence-electron chi connectivity index (χ4n) is 3.10. The largest absolute Gasteiger partial charge is 0.459 e. The Morgan fingerprint density at radius 1 is 1.36 bits per heavy atom. The van der Waals surface area contributed by atoms with Crippen molar-refractivity contribution in [1.29, 1.82) is 0 Å². The summed E-state index contributed by atoms with van der Waals surface area (Å²) < 4.78 is 5.17. The van der Waals surface area contributed by atoms with Crippen LogP contribution in [0.1, 0.15) is 29.0 Å². The number of amides is 2. The van der Waals surface area contributed by atoms with E-state index >= 15 is 0 Å². The topological polar surface area (TPSA) is 78.7 Å². The zero-order valence-electron chi connectivity index (χ0n) is 14.4. The number of nitrogens with zero attached hydrogens (tertiary/aromatic N) is 3. The Morgan fingerprint density at radius 2 is 2.20 bits per heavy atom. The Hall–Kier alpha value is -2.83. The number of hydrogen-bond donors (Lipinski definition) is 1. The molecule has 3 heterocycles. The fourth-order valence-corrected chi connectivity index (χ4v) is 3.10. The summed E-state index contributed by atoms with van der Waals surface area (Å²) in [6.45, 7) is 0.937. The molecule has 25 heavy (non-hydrogen) atoms. The molecule has 1 unspecified atom stereocenters. The van der Waals surface area contributed by atoms with E-state index in [4.69, 9.17) is 4.42 Å². The predicted molar refractivity (Wildman–Crippen MR) is 93.2 cm³/mol. The third-order valence-corrected chi connectivity index (χ3v) is 4.29. The van der Waals surface area contributed by atoms with Gasteiger partial charge in [-0.25, -0.2) is 4.98 Å². The van der Waals surface area contributed by atoms with E-state index in [2.05, 4.69) is 10.3 Å². The molecule has 7 heteroatoms. The molecule has 0 aromatic carbocycles. The van der Waals surface area contributed by atoms with Crippen LogP contribution < -0.4 is 10.2 Å². The standard InChI is InChI=1S/C18H22N4O3/c1-21(2)16-13(6-3-9-19-16)12-20-17(23)14-7-4-10-22(14)18(24)15-8-5-11-25-15/h3,5-6,8-9,11,14H,4,7,10,12H2,1-2H3,(H,20,23). The zero-order valence-corrected chi connectivity index (χ0v) is 14.4. The Bertz CT molecular complexity index is 743. The summed E-state index contributed by atoms with van der Waals surface area (Å²) in [5, 5.41) is 2.94. The molecule has 1 aliphatic heterocycles. The molecule has 7 nitrogen and oxygen atoms in total. The monoisotopic (exact) mass is 342 g/mol. The van der Waals surface area contributed by atoms with E-state index in [-0.39, 0.29) is 17.6 Å². The van der Waals surface area contributed by atoms with Gasteiger partial charge in [-0.15, -0.1) is 0 Å². The predicted octanol–water partition coefficient (Wildman–Crippen LogP) is 1.66. The lowest BCUT2D eigenvalue weighted by atomic mass is 10.2. The summed E-state index contributed by atoms with van der Waals surface area (Å²) in [6.07, 6.45) is 4.65. The maximum absolute atomic E-state index is 12.6. The van der Waals surface area contributed by atoms with Crippen LogP contribution in [0.3, 0.4) is 0 Å². The summed E-state index contributed by atoms with van der Waals surface area (Å²) in [5.41, 5.74) is 0.933. The number of aromatic nitrogens is 1. The molecule has 1 fully saturated rings. The molecule has 0 spiro atoms. The van der Waals surface area contributed by atoms with Crippen LogP contribution in [0.2, 0.25) is 0 Å². The highest BCUT2D eigenvalue weighted by atomic mass is 16.3. The van der Waals surface area contributed by atoms with Crippen molar-refractivity contribution in [1.82, 2.24) is 15.2 Å². The summed E-state index contributed by atoms with van der Waals surface area (Å²) >= 11 is 0. The third-order valence-electron chi connectivity index (χ3n) is 4.29. The number of pyridine rings is 1. The lowest BCUT2D eigenvalue weighted by Crippen LogP contribution is -2.45. The summed E-state index contributed by atoms with van der Waals surface area (Å²) in [4.78, 5) is 32.9. The van der Waals surface area contributed by atoms with Crippen LogP contribution in [0, 0.1) is 0 Å². The van der Waals surface area contributed by atoms with Crippen LogP contribution in [-0.4, -0.2) is 48.4 Å². The molecule has 2 amide bonds. The van der Waals surface area contributed by atoms with Crippen LogP contribution in [0.25, 0.3) is 0 Å². The molecule has 1 atom stereocenters. The summed E-state index contributed by atoms with van der Waals surface area (Å²) in [5.74, 6) is 0.698. The number of likely N-dealkylation sites (tertiary alicyclic amines) is 1. The quantitative estimate of drug-likeness (QED) is 0.894. The van der Waals surface area contributed by atoms with Gasteiger partial charge in [-0.1, -0.05) is 6.07 Å². The highest BCUT2D eigenvalue weighted by Gasteiger charge is 2.35. The first-order valence-electron chi connectivity index (χ1n) is 8.31. The summed E-state index contributed by atoms with van der Waals surface area (Å²) in [6, 6.07) is 6.61. The molecular weight excluding hydrogens is 320 g/mol. The van der Waals surface area contributed by atoms with Crippen molar-refractivity contribution in [3.63, 3.8) is 0 Å². The van der Waals surface area contributed by atoms with E-state index in [9.17, 15) is 9.59 Å². The van der Waals surface area contributed by atoms with Crippen molar-refractivity contribution in [2.24, 2.45) is 0 Å². The highest BCUT2D eigenvalue weighted by molar-refractivity contribution is 5.96. The highest BCUT2D eigenvalue weighted by Crippen LogP contribution is 2.21. The molecule has 0 bridgehead atoms. The Kier molecular flexibility index (Phi) is 5.02. The Balaban J connectivity index is 1.66. The number of carbonyl (C=O) groups is 2. The lowest BCUT2D eigenvalue weighted by Gasteiger charge is -2.23. The van der Waals surface area contributed by atoms with Crippen molar-refractivity contribution in [2.75, 3.05) is 25.5 Å². The average Bonchev–Trinajstić information content (AvgIpc) is 3.30. The number of furan rings is 1. The molecule has 0 radical (unpaired) electrons. The molecule has 0 saturated carbocycles. The van der Waals surface area contributed by atoms with Crippen molar-refractivity contribution < 1.29 is 14.0 Å². The molecule has 1 N–H and O–H groups in total. The van der Waals surface area contributed by atoms with Crippen LogP contribution >= 0.6 is 0 Å².